The molecule has 1 fully saturated rings. The molecular weight excluding hydrogens is 236 g/mol. The summed E-state index contributed by atoms with van der Waals surface area (Å²) in [4.78, 5) is 12.0. The van der Waals surface area contributed by atoms with Crippen molar-refractivity contribution < 1.29 is 4.79 Å². The molecule has 1 aliphatic rings. The molecule has 1 amide bonds. The molecular formula is C16H18N2O. The molecule has 1 atom stereocenters. The molecule has 0 spiro atoms. The lowest BCUT2D eigenvalue weighted by molar-refractivity contribution is -0.120. The van der Waals surface area contributed by atoms with E-state index in [0.717, 1.165) is 6.42 Å². The Morgan fingerprint density at radius 3 is 2.58 bits per heavy atom. The maximum Gasteiger partial charge on any atom is 0.238 e. The molecule has 2 aromatic rings. The predicted molar refractivity (Wildman–Crippen MR) is 76.8 cm³/mol. The first kappa shape index (κ1) is 12.2. The van der Waals surface area contributed by atoms with Gasteiger partial charge in [-0.05, 0) is 36.6 Å². The quantitative estimate of drug-likeness (QED) is 0.862. The Kier molecular flexibility index (Phi) is 2.79. The molecule has 0 saturated carbocycles. The molecule has 0 bridgehead atoms. The molecule has 2 aromatic carbocycles. The Hall–Kier alpha value is -1.87. The first-order chi connectivity index (χ1) is 9.05. The number of hydrogen-bond acceptors (Lipinski definition) is 2. The summed E-state index contributed by atoms with van der Waals surface area (Å²) in [5.41, 5.74) is 0.898. The van der Waals surface area contributed by atoms with Gasteiger partial charge in [-0.2, -0.15) is 0 Å². The Morgan fingerprint density at radius 1 is 1.11 bits per heavy atom. The van der Waals surface area contributed by atoms with Crippen molar-refractivity contribution in [3.63, 3.8) is 0 Å². The molecule has 19 heavy (non-hydrogen) atoms. The van der Waals surface area contributed by atoms with Gasteiger partial charge in [-0.3, -0.25) is 10.1 Å². The minimum atomic E-state index is -0.313. The van der Waals surface area contributed by atoms with Crippen LogP contribution in [-0.4, -0.2) is 17.6 Å². The number of rotatable bonds is 2. The van der Waals surface area contributed by atoms with Gasteiger partial charge in [0.25, 0.3) is 0 Å². The van der Waals surface area contributed by atoms with Crippen molar-refractivity contribution in [3.8, 4) is 0 Å². The lowest BCUT2D eigenvalue weighted by Crippen LogP contribution is -2.44. The van der Waals surface area contributed by atoms with Crippen LogP contribution in [0.2, 0.25) is 0 Å². The van der Waals surface area contributed by atoms with E-state index in [1.165, 1.54) is 16.3 Å². The Labute approximate surface area is 113 Å². The number of carbonyl (C=O) groups is 1. The fraction of sp³-hybridized carbons (Fsp3) is 0.312. The van der Waals surface area contributed by atoms with Crippen LogP contribution in [0.5, 0.6) is 0 Å². The lowest BCUT2D eigenvalue weighted by atomic mass is 9.99. The molecule has 1 saturated heterocycles. The van der Waals surface area contributed by atoms with Crippen LogP contribution in [-0.2, 0) is 11.2 Å². The van der Waals surface area contributed by atoms with Gasteiger partial charge in [-0.15, -0.1) is 0 Å². The number of hydrogen-bond donors (Lipinski definition) is 2. The average molecular weight is 254 g/mol. The first-order valence-corrected chi connectivity index (χ1v) is 6.61. The van der Waals surface area contributed by atoms with Crippen LogP contribution >= 0.6 is 0 Å². The summed E-state index contributed by atoms with van der Waals surface area (Å²) in [7, 11) is 0. The summed E-state index contributed by atoms with van der Waals surface area (Å²) in [6.45, 7) is 3.96. The number of fused-ring (bicyclic) bond motifs is 1. The van der Waals surface area contributed by atoms with Crippen LogP contribution in [0.1, 0.15) is 19.4 Å². The van der Waals surface area contributed by atoms with E-state index in [0.29, 0.717) is 0 Å². The second-order valence-corrected chi connectivity index (χ2v) is 5.65. The lowest BCUT2D eigenvalue weighted by Gasteiger charge is -2.18. The van der Waals surface area contributed by atoms with Crippen LogP contribution in [0, 0.1) is 0 Å². The van der Waals surface area contributed by atoms with Gasteiger partial charge >= 0.3 is 0 Å². The molecule has 0 aliphatic carbocycles. The van der Waals surface area contributed by atoms with Gasteiger partial charge in [-0.1, -0.05) is 42.5 Å². The molecule has 0 unspecified atom stereocenters. The predicted octanol–water partition coefficient (Wildman–Crippen LogP) is 2.21. The maximum atomic E-state index is 12.0. The van der Waals surface area contributed by atoms with Gasteiger partial charge in [0, 0.05) is 0 Å². The van der Waals surface area contributed by atoms with Crippen molar-refractivity contribution >= 4 is 16.7 Å². The highest BCUT2D eigenvalue weighted by Crippen LogP contribution is 2.21. The molecule has 1 heterocycles. The van der Waals surface area contributed by atoms with Gasteiger partial charge in [0.1, 0.15) is 0 Å². The average Bonchev–Trinajstić information content (AvgIpc) is 2.63. The summed E-state index contributed by atoms with van der Waals surface area (Å²) < 4.78 is 0. The van der Waals surface area contributed by atoms with Crippen molar-refractivity contribution in [1.29, 1.82) is 0 Å². The maximum absolute atomic E-state index is 12.0. The second-order valence-electron chi connectivity index (χ2n) is 5.65. The summed E-state index contributed by atoms with van der Waals surface area (Å²) in [5.74, 6) is 0.0814. The van der Waals surface area contributed by atoms with Crippen molar-refractivity contribution in [2.24, 2.45) is 0 Å². The molecule has 1 aliphatic heterocycles. The van der Waals surface area contributed by atoms with E-state index in [1.54, 1.807) is 0 Å². The summed E-state index contributed by atoms with van der Waals surface area (Å²) >= 11 is 0. The molecule has 0 aromatic heterocycles. The summed E-state index contributed by atoms with van der Waals surface area (Å²) in [6, 6.07) is 14.4. The van der Waals surface area contributed by atoms with Crippen molar-refractivity contribution in [2.45, 2.75) is 32.0 Å². The zero-order chi connectivity index (χ0) is 13.5. The third-order valence-electron chi connectivity index (χ3n) is 3.59. The van der Waals surface area contributed by atoms with Crippen LogP contribution in [0.4, 0.5) is 0 Å². The van der Waals surface area contributed by atoms with E-state index in [9.17, 15) is 4.79 Å². The zero-order valence-corrected chi connectivity index (χ0v) is 11.2. The van der Waals surface area contributed by atoms with E-state index in [-0.39, 0.29) is 17.6 Å². The SMILES string of the molecule is CC1(C)NC(=O)[C@H](Cc2cccc3ccccc23)N1. The zero-order valence-electron chi connectivity index (χ0n) is 11.2. The summed E-state index contributed by atoms with van der Waals surface area (Å²) in [6.07, 6.45) is 0.719. The van der Waals surface area contributed by atoms with E-state index in [2.05, 4.69) is 41.0 Å². The van der Waals surface area contributed by atoms with Crippen molar-refractivity contribution in [1.82, 2.24) is 10.6 Å². The van der Waals surface area contributed by atoms with Crippen LogP contribution in [0.3, 0.4) is 0 Å². The number of carbonyl (C=O) groups excluding carboxylic acids is 1. The molecule has 3 rings (SSSR count). The van der Waals surface area contributed by atoms with E-state index in [1.807, 2.05) is 26.0 Å². The normalized spacial score (nSPS) is 21.6. The summed E-state index contributed by atoms with van der Waals surface area (Å²) in [5, 5.41) is 8.74. The van der Waals surface area contributed by atoms with Crippen LogP contribution in [0.25, 0.3) is 10.8 Å². The van der Waals surface area contributed by atoms with Gasteiger partial charge in [-0.25, -0.2) is 0 Å². The standard InChI is InChI=1S/C16H18N2O/c1-16(2)17-14(15(19)18-16)10-12-8-5-7-11-6-3-4-9-13(11)12/h3-9,14,17H,10H2,1-2H3,(H,18,19)/t14-/m0/s1. The highest BCUT2D eigenvalue weighted by molar-refractivity contribution is 5.88. The monoisotopic (exact) mass is 254 g/mol. The van der Waals surface area contributed by atoms with E-state index >= 15 is 0 Å². The third-order valence-corrected chi connectivity index (χ3v) is 3.59. The van der Waals surface area contributed by atoms with E-state index < -0.39 is 0 Å². The Balaban J connectivity index is 1.92. The minimum Gasteiger partial charge on any atom is -0.337 e. The highest BCUT2D eigenvalue weighted by atomic mass is 16.2. The van der Waals surface area contributed by atoms with Gasteiger partial charge < -0.3 is 5.32 Å². The second kappa shape index (κ2) is 4.35. The molecule has 0 radical (unpaired) electrons. The smallest absolute Gasteiger partial charge is 0.238 e. The largest absolute Gasteiger partial charge is 0.337 e. The first-order valence-electron chi connectivity index (χ1n) is 6.61. The van der Waals surface area contributed by atoms with Gasteiger partial charge in [0.15, 0.2) is 0 Å². The third kappa shape index (κ3) is 2.34. The number of nitrogens with one attached hydrogen (secondary N) is 2. The number of benzene rings is 2. The van der Waals surface area contributed by atoms with Gasteiger partial charge in [0.2, 0.25) is 5.91 Å². The fourth-order valence-electron chi connectivity index (χ4n) is 2.77. The molecule has 3 heteroatoms. The van der Waals surface area contributed by atoms with Gasteiger partial charge in [0.05, 0.1) is 11.7 Å². The topological polar surface area (TPSA) is 41.1 Å². The van der Waals surface area contributed by atoms with Crippen molar-refractivity contribution in [2.75, 3.05) is 0 Å². The molecule has 2 N–H and O–H groups in total. The molecule has 98 valence electrons. The Bertz CT molecular complexity index is 628. The highest BCUT2D eigenvalue weighted by Gasteiger charge is 2.36. The Morgan fingerprint density at radius 2 is 1.84 bits per heavy atom. The fourth-order valence-corrected chi connectivity index (χ4v) is 2.77. The van der Waals surface area contributed by atoms with Crippen LogP contribution in [0.15, 0.2) is 42.5 Å². The van der Waals surface area contributed by atoms with Crippen molar-refractivity contribution in [3.05, 3.63) is 48.0 Å². The van der Waals surface area contributed by atoms with Crippen LogP contribution < -0.4 is 10.6 Å². The van der Waals surface area contributed by atoms with E-state index in [4.69, 9.17) is 0 Å². The number of amides is 1. The molecule has 3 nitrogen and oxygen atoms in total. The minimum absolute atomic E-state index is 0.0814.